The summed E-state index contributed by atoms with van der Waals surface area (Å²) in [5.74, 6) is -5.72. The third-order valence-electron chi connectivity index (χ3n) is 4.46. The molecule has 0 aliphatic carbocycles. The molecule has 0 aliphatic heterocycles. The number of thiol groups is 1. The number of amides is 2. The Kier molecular flexibility index (Phi) is 10.6. The number of benzene rings is 1. The lowest BCUT2D eigenvalue weighted by Gasteiger charge is -2.23. The maximum Gasteiger partial charge on any atom is 0.326 e. The zero-order valence-corrected chi connectivity index (χ0v) is 18.9. The van der Waals surface area contributed by atoms with Gasteiger partial charge in [-0.05, 0) is 17.7 Å². The van der Waals surface area contributed by atoms with E-state index >= 15 is 0 Å². The van der Waals surface area contributed by atoms with E-state index < -0.39 is 69.4 Å². The number of carbonyl (C=O) groups is 4. The largest absolute Gasteiger partial charge is 0.748 e. The molecule has 184 valence electrons. The molecule has 15 heteroatoms. The number of carbonyl (C=O) groups excluding carboxylic acids is 2. The Balaban J connectivity index is 3.02. The van der Waals surface area contributed by atoms with Crippen molar-refractivity contribution in [2.75, 3.05) is 5.75 Å². The first-order chi connectivity index (χ1) is 15.2. The SMILES string of the molecule is [NH3+][C@H](CCS(=O)(=O)[O-])[C@H](S)C(=O)N[C@@H](Cc1ccc(O)cc1)C(=O)N[C@@H](CC(=O)O)C(=O)O. The van der Waals surface area contributed by atoms with Gasteiger partial charge in [0.05, 0.1) is 16.5 Å². The van der Waals surface area contributed by atoms with E-state index in [2.05, 4.69) is 29.0 Å². The molecule has 1 aromatic carbocycles. The van der Waals surface area contributed by atoms with Crippen molar-refractivity contribution in [3.63, 3.8) is 0 Å². The van der Waals surface area contributed by atoms with Crippen molar-refractivity contribution < 1.29 is 53.2 Å². The smallest absolute Gasteiger partial charge is 0.326 e. The number of phenolic OH excluding ortho intramolecular Hbond substituents is 1. The second-order valence-electron chi connectivity index (χ2n) is 7.18. The van der Waals surface area contributed by atoms with E-state index in [9.17, 15) is 37.3 Å². The maximum atomic E-state index is 12.7. The second-order valence-corrected chi connectivity index (χ2v) is 9.26. The van der Waals surface area contributed by atoms with Crippen molar-refractivity contribution >= 4 is 46.5 Å². The minimum atomic E-state index is -4.53. The fourth-order valence-corrected chi connectivity index (χ4v) is 3.46. The zero-order chi connectivity index (χ0) is 25.3. The fraction of sp³-hybridized carbons (Fsp3) is 0.444. The average molecular weight is 508 g/mol. The number of hydrogen-bond acceptors (Lipinski definition) is 9. The van der Waals surface area contributed by atoms with Crippen LogP contribution in [0.25, 0.3) is 0 Å². The van der Waals surface area contributed by atoms with Gasteiger partial charge in [-0.1, -0.05) is 12.1 Å². The van der Waals surface area contributed by atoms with Crippen molar-refractivity contribution in [2.24, 2.45) is 0 Å². The van der Waals surface area contributed by atoms with Gasteiger partial charge >= 0.3 is 11.9 Å². The van der Waals surface area contributed by atoms with Crippen molar-refractivity contribution in [2.45, 2.75) is 42.6 Å². The summed E-state index contributed by atoms with van der Waals surface area (Å²) >= 11 is 4.07. The number of aliphatic carboxylic acids is 2. The summed E-state index contributed by atoms with van der Waals surface area (Å²) in [5, 5.41) is 30.6. The normalized spacial score (nSPS) is 15.0. The summed E-state index contributed by atoms with van der Waals surface area (Å²) in [6, 6.07) is 1.52. The minimum Gasteiger partial charge on any atom is -0.748 e. The molecule has 13 nitrogen and oxygen atoms in total. The molecule has 0 spiro atoms. The third-order valence-corrected chi connectivity index (χ3v) is 5.85. The van der Waals surface area contributed by atoms with Crippen LogP contribution in [0.15, 0.2) is 24.3 Å². The van der Waals surface area contributed by atoms with Crippen molar-refractivity contribution in [1.82, 2.24) is 10.6 Å². The molecule has 1 aromatic rings. The molecule has 2 amide bonds. The summed E-state index contributed by atoms with van der Waals surface area (Å²) in [7, 11) is -4.53. The van der Waals surface area contributed by atoms with Gasteiger partial charge in [0.15, 0.2) is 0 Å². The Morgan fingerprint density at radius 3 is 2.06 bits per heavy atom. The molecule has 33 heavy (non-hydrogen) atoms. The first kappa shape index (κ1) is 28.2. The number of quaternary nitrogens is 1. The lowest BCUT2D eigenvalue weighted by Crippen LogP contribution is -2.68. The van der Waals surface area contributed by atoms with E-state index in [1.165, 1.54) is 24.3 Å². The van der Waals surface area contributed by atoms with E-state index in [-0.39, 0.29) is 18.6 Å². The van der Waals surface area contributed by atoms with Crippen molar-refractivity contribution in [3.8, 4) is 5.75 Å². The first-order valence-electron chi connectivity index (χ1n) is 9.47. The first-order valence-corrected chi connectivity index (χ1v) is 11.6. The van der Waals surface area contributed by atoms with Gasteiger partial charge in [-0.2, -0.15) is 12.6 Å². The van der Waals surface area contributed by atoms with E-state index in [1.807, 2.05) is 0 Å². The van der Waals surface area contributed by atoms with Gasteiger partial charge in [0.2, 0.25) is 11.8 Å². The van der Waals surface area contributed by atoms with Crippen molar-refractivity contribution in [3.05, 3.63) is 29.8 Å². The molecule has 0 aromatic heterocycles. The second kappa shape index (κ2) is 12.4. The summed E-state index contributed by atoms with van der Waals surface area (Å²) in [4.78, 5) is 47.4. The number of rotatable bonds is 13. The highest BCUT2D eigenvalue weighted by Crippen LogP contribution is 2.13. The minimum absolute atomic E-state index is 0.0557. The monoisotopic (exact) mass is 507 g/mol. The number of carboxylic acids is 2. The summed E-state index contributed by atoms with van der Waals surface area (Å²) in [6.45, 7) is 0. The van der Waals surface area contributed by atoms with Crippen LogP contribution < -0.4 is 16.4 Å². The van der Waals surface area contributed by atoms with Crippen LogP contribution >= 0.6 is 12.6 Å². The van der Waals surface area contributed by atoms with Crippen LogP contribution in [0.4, 0.5) is 0 Å². The van der Waals surface area contributed by atoms with E-state index in [0.29, 0.717) is 5.56 Å². The summed E-state index contributed by atoms with van der Waals surface area (Å²) in [5.41, 5.74) is 4.07. The average Bonchev–Trinajstić information content (AvgIpc) is 2.70. The molecule has 0 radical (unpaired) electrons. The van der Waals surface area contributed by atoms with Crippen LogP contribution in [-0.2, 0) is 35.7 Å². The molecule has 0 heterocycles. The molecule has 0 saturated heterocycles. The van der Waals surface area contributed by atoms with E-state index in [0.717, 1.165) is 0 Å². The molecule has 0 fully saturated rings. The number of carboxylic acid groups (broad SMARTS) is 2. The standard InChI is InChI=1S/C18H25N3O10S2/c19-11(5-6-33(29,30)31)15(32)17(26)20-12(7-9-1-3-10(22)4-2-9)16(25)21-13(18(27)28)8-14(23)24/h1-4,11-13,15,22,32H,5-8,19H2,(H,20,26)(H,21,25)(H,23,24)(H,27,28)(H,29,30,31)/t11-,12+,13+,15+/m1/s1. The van der Waals surface area contributed by atoms with Gasteiger partial charge < -0.3 is 36.2 Å². The van der Waals surface area contributed by atoms with Crippen LogP contribution in [-0.4, -0.2) is 81.2 Å². The quantitative estimate of drug-likeness (QED) is 0.108. The third kappa shape index (κ3) is 10.5. The Labute approximate surface area is 194 Å². The van der Waals surface area contributed by atoms with Gasteiger partial charge in [0, 0.05) is 18.6 Å². The van der Waals surface area contributed by atoms with Crippen LogP contribution in [0, 0.1) is 0 Å². The topological polar surface area (TPSA) is 238 Å². The Morgan fingerprint density at radius 1 is 1.03 bits per heavy atom. The number of hydrogen-bond donors (Lipinski definition) is 7. The highest BCUT2D eigenvalue weighted by Gasteiger charge is 2.32. The predicted molar refractivity (Wildman–Crippen MR) is 114 cm³/mol. The molecule has 4 atom stereocenters. The van der Waals surface area contributed by atoms with Crippen LogP contribution in [0.1, 0.15) is 18.4 Å². The molecule has 0 aliphatic rings. The molecule has 0 bridgehead atoms. The Hall–Kier alpha value is -2.88. The highest BCUT2D eigenvalue weighted by atomic mass is 32.2. The predicted octanol–water partition coefficient (Wildman–Crippen LogP) is -2.69. The molecular weight excluding hydrogens is 482 g/mol. The molecule has 1 rings (SSSR count). The van der Waals surface area contributed by atoms with Gasteiger partial charge in [0.1, 0.15) is 29.1 Å². The number of phenols is 1. The molecular formula is C18H25N3O10S2. The number of aromatic hydroxyl groups is 1. The van der Waals surface area contributed by atoms with Gasteiger partial charge in [-0.3, -0.25) is 14.4 Å². The Bertz CT molecular complexity index is 968. The lowest BCUT2D eigenvalue weighted by atomic mass is 10.0. The lowest BCUT2D eigenvalue weighted by molar-refractivity contribution is -0.416. The number of nitrogens with one attached hydrogen (secondary N) is 2. The maximum absolute atomic E-state index is 12.7. The Morgan fingerprint density at radius 2 is 1.58 bits per heavy atom. The zero-order valence-electron chi connectivity index (χ0n) is 17.2. The molecule has 0 saturated carbocycles. The summed E-state index contributed by atoms with van der Waals surface area (Å²) in [6.07, 6.45) is -1.32. The van der Waals surface area contributed by atoms with E-state index in [1.54, 1.807) is 0 Å². The molecule has 0 unspecified atom stereocenters. The fourth-order valence-electron chi connectivity index (χ4n) is 2.65. The van der Waals surface area contributed by atoms with Gasteiger partial charge in [-0.25, -0.2) is 13.2 Å². The molecule has 8 N–H and O–H groups in total. The van der Waals surface area contributed by atoms with Gasteiger partial charge in [0.25, 0.3) is 0 Å². The van der Waals surface area contributed by atoms with Crippen LogP contribution in [0.3, 0.4) is 0 Å². The van der Waals surface area contributed by atoms with Crippen molar-refractivity contribution in [1.29, 1.82) is 0 Å². The van der Waals surface area contributed by atoms with Crippen LogP contribution in [0.2, 0.25) is 0 Å². The highest BCUT2D eigenvalue weighted by molar-refractivity contribution is 7.85. The van der Waals surface area contributed by atoms with E-state index in [4.69, 9.17) is 10.2 Å². The summed E-state index contributed by atoms with van der Waals surface area (Å²) < 4.78 is 32.4. The van der Waals surface area contributed by atoms with Crippen LogP contribution in [0.5, 0.6) is 5.75 Å². The van der Waals surface area contributed by atoms with Gasteiger partial charge in [-0.15, -0.1) is 0 Å².